The summed E-state index contributed by atoms with van der Waals surface area (Å²) in [4.78, 5) is 21.3. The molecule has 0 unspecified atom stereocenters. The van der Waals surface area contributed by atoms with Crippen molar-refractivity contribution in [1.29, 1.82) is 0 Å². The topological polar surface area (TPSA) is 99.2 Å². The molecule has 2 aromatic rings. The lowest BCUT2D eigenvalue weighted by Gasteiger charge is -2.09. The van der Waals surface area contributed by atoms with Gasteiger partial charge in [-0.1, -0.05) is 0 Å². The number of methoxy groups -OCH3 is 1. The van der Waals surface area contributed by atoms with Crippen LogP contribution in [0, 0.1) is 0 Å². The molecule has 100 valence electrons. The van der Waals surface area contributed by atoms with Gasteiger partial charge < -0.3 is 15.4 Å². The van der Waals surface area contributed by atoms with Crippen LogP contribution in [0.25, 0.3) is 5.82 Å². The van der Waals surface area contributed by atoms with Gasteiger partial charge in [0.15, 0.2) is 11.6 Å². The Morgan fingerprint density at radius 2 is 2.21 bits per heavy atom. The van der Waals surface area contributed by atoms with Crippen molar-refractivity contribution in [3.8, 4) is 5.82 Å². The summed E-state index contributed by atoms with van der Waals surface area (Å²) in [5, 5.41) is 4.28. The number of aromatic nitrogens is 4. The predicted molar refractivity (Wildman–Crippen MR) is 69.2 cm³/mol. The van der Waals surface area contributed by atoms with Gasteiger partial charge in [0.2, 0.25) is 0 Å². The van der Waals surface area contributed by atoms with Crippen LogP contribution >= 0.6 is 0 Å². The SMILES string of the molecule is COC(=O)c1c(N(C)C)nn(-c2ccncn2)c1N. The number of nitrogens with two attached hydrogens (primary N) is 1. The highest BCUT2D eigenvalue weighted by Crippen LogP contribution is 2.26. The van der Waals surface area contributed by atoms with E-state index in [0.29, 0.717) is 11.6 Å². The summed E-state index contributed by atoms with van der Waals surface area (Å²) in [5.74, 6) is 0.532. The molecule has 0 aliphatic carbocycles. The minimum atomic E-state index is -0.540. The number of ether oxygens (including phenoxy) is 1. The molecule has 8 heteroatoms. The predicted octanol–water partition coefficient (Wildman–Crippen LogP) is 0.0971. The van der Waals surface area contributed by atoms with Crippen LogP contribution in [0.2, 0.25) is 0 Å². The Hall–Kier alpha value is -2.64. The molecule has 0 saturated carbocycles. The van der Waals surface area contributed by atoms with Crippen LogP contribution < -0.4 is 10.6 Å². The van der Waals surface area contributed by atoms with Gasteiger partial charge in [0.1, 0.15) is 17.7 Å². The van der Waals surface area contributed by atoms with E-state index >= 15 is 0 Å². The van der Waals surface area contributed by atoms with Crippen molar-refractivity contribution in [2.24, 2.45) is 0 Å². The first kappa shape index (κ1) is 12.8. The van der Waals surface area contributed by atoms with Gasteiger partial charge in [-0.2, -0.15) is 4.68 Å². The quantitative estimate of drug-likeness (QED) is 0.783. The first-order chi connectivity index (χ1) is 9.06. The summed E-state index contributed by atoms with van der Waals surface area (Å²) in [6.07, 6.45) is 2.94. The van der Waals surface area contributed by atoms with Crippen molar-refractivity contribution in [2.45, 2.75) is 0 Å². The van der Waals surface area contributed by atoms with Crippen molar-refractivity contribution >= 4 is 17.6 Å². The maximum absolute atomic E-state index is 11.8. The Morgan fingerprint density at radius 1 is 1.47 bits per heavy atom. The van der Waals surface area contributed by atoms with Crippen molar-refractivity contribution in [3.05, 3.63) is 24.2 Å². The zero-order valence-electron chi connectivity index (χ0n) is 10.9. The third-order valence-electron chi connectivity index (χ3n) is 2.50. The Balaban J connectivity index is 2.62. The number of hydrogen-bond donors (Lipinski definition) is 1. The minimum Gasteiger partial charge on any atom is -0.465 e. The van der Waals surface area contributed by atoms with Crippen LogP contribution in [0.5, 0.6) is 0 Å². The normalized spacial score (nSPS) is 10.3. The summed E-state index contributed by atoms with van der Waals surface area (Å²) in [5.41, 5.74) is 6.18. The minimum absolute atomic E-state index is 0.175. The molecule has 8 nitrogen and oxygen atoms in total. The van der Waals surface area contributed by atoms with Gasteiger partial charge >= 0.3 is 5.97 Å². The number of nitrogen functional groups attached to an aromatic ring is 1. The maximum atomic E-state index is 11.8. The molecular weight excluding hydrogens is 248 g/mol. The smallest absolute Gasteiger partial charge is 0.345 e. The Morgan fingerprint density at radius 3 is 2.74 bits per heavy atom. The monoisotopic (exact) mass is 262 g/mol. The zero-order valence-corrected chi connectivity index (χ0v) is 10.9. The average molecular weight is 262 g/mol. The molecule has 0 amide bonds. The van der Waals surface area contributed by atoms with Crippen molar-refractivity contribution < 1.29 is 9.53 Å². The summed E-state index contributed by atoms with van der Waals surface area (Å²) in [6, 6.07) is 1.64. The molecule has 0 aliphatic rings. The second-order valence-corrected chi connectivity index (χ2v) is 3.95. The van der Waals surface area contributed by atoms with Gasteiger partial charge in [0, 0.05) is 26.4 Å². The summed E-state index contributed by atoms with van der Waals surface area (Å²) < 4.78 is 6.10. The Bertz CT molecular complexity index is 593. The van der Waals surface area contributed by atoms with Gasteiger partial charge in [0.05, 0.1) is 7.11 Å². The van der Waals surface area contributed by atoms with Gasteiger partial charge in [0.25, 0.3) is 0 Å². The molecule has 0 fully saturated rings. The van der Waals surface area contributed by atoms with Crippen molar-refractivity contribution in [1.82, 2.24) is 19.7 Å². The molecule has 0 saturated heterocycles. The third-order valence-corrected chi connectivity index (χ3v) is 2.50. The van der Waals surface area contributed by atoms with Crippen LogP contribution in [0.4, 0.5) is 11.6 Å². The molecule has 2 heterocycles. The van der Waals surface area contributed by atoms with Crippen LogP contribution in [0.3, 0.4) is 0 Å². The Kier molecular flexibility index (Phi) is 3.32. The number of esters is 1. The molecule has 0 spiro atoms. The lowest BCUT2D eigenvalue weighted by Crippen LogP contribution is -2.14. The van der Waals surface area contributed by atoms with Crippen molar-refractivity contribution in [3.63, 3.8) is 0 Å². The highest BCUT2D eigenvalue weighted by Gasteiger charge is 2.25. The van der Waals surface area contributed by atoms with Gasteiger partial charge in [-0.3, -0.25) is 0 Å². The van der Waals surface area contributed by atoms with Crippen LogP contribution in [-0.4, -0.2) is 46.9 Å². The van der Waals surface area contributed by atoms with Gasteiger partial charge in [-0.05, 0) is 0 Å². The van der Waals surface area contributed by atoms with Gasteiger partial charge in [-0.15, -0.1) is 5.10 Å². The molecule has 2 aromatic heterocycles. The number of nitrogens with zero attached hydrogens (tertiary/aromatic N) is 5. The van der Waals surface area contributed by atoms with E-state index in [4.69, 9.17) is 10.5 Å². The number of anilines is 2. The van der Waals surface area contributed by atoms with Crippen LogP contribution in [-0.2, 0) is 4.74 Å². The fourth-order valence-electron chi connectivity index (χ4n) is 1.61. The largest absolute Gasteiger partial charge is 0.465 e. The molecule has 19 heavy (non-hydrogen) atoms. The molecule has 0 radical (unpaired) electrons. The van der Waals surface area contributed by atoms with Gasteiger partial charge in [-0.25, -0.2) is 14.8 Å². The number of rotatable bonds is 3. The number of carbonyl (C=O) groups excluding carboxylic acids is 1. The van der Waals surface area contributed by atoms with E-state index in [1.165, 1.54) is 18.1 Å². The van der Waals surface area contributed by atoms with E-state index in [1.54, 1.807) is 31.3 Å². The molecule has 0 atom stereocenters. The summed E-state index contributed by atoms with van der Waals surface area (Å²) in [6.45, 7) is 0. The maximum Gasteiger partial charge on any atom is 0.345 e. The van der Waals surface area contributed by atoms with E-state index in [2.05, 4.69) is 15.1 Å². The molecule has 0 aliphatic heterocycles. The van der Waals surface area contributed by atoms with E-state index in [0.717, 1.165) is 0 Å². The Labute approximate surface area is 109 Å². The number of hydrogen-bond acceptors (Lipinski definition) is 7. The molecule has 0 bridgehead atoms. The molecule has 2 rings (SSSR count). The van der Waals surface area contributed by atoms with E-state index < -0.39 is 5.97 Å². The van der Waals surface area contributed by atoms with E-state index in [-0.39, 0.29) is 11.4 Å². The van der Waals surface area contributed by atoms with E-state index in [1.807, 2.05) is 0 Å². The standard InChI is InChI=1S/C11H14N6O2/c1-16(2)10-8(11(18)19-3)9(12)17(15-10)7-4-5-13-6-14-7/h4-6H,12H2,1-3H3. The van der Waals surface area contributed by atoms with Crippen LogP contribution in [0.1, 0.15) is 10.4 Å². The molecule has 0 aromatic carbocycles. The lowest BCUT2D eigenvalue weighted by molar-refractivity contribution is 0.0602. The second kappa shape index (κ2) is 4.92. The fraction of sp³-hybridized carbons (Fsp3) is 0.273. The highest BCUT2D eigenvalue weighted by molar-refractivity contribution is 6.00. The molecule has 2 N–H and O–H groups in total. The second-order valence-electron chi connectivity index (χ2n) is 3.95. The number of carbonyl (C=O) groups is 1. The van der Waals surface area contributed by atoms with Crippen LogP contribution in [0.15, 0.2) is 18.6 Å². The first-order valence-corrected chi connectivity index (χ1v) is 5.46. The molecular formula is C11H14N6O2. The van der Waals surface area contributed by atoms with E-state index in [9.17, 15) is 4.79 Å². The lowest BCUT2D eigenvalue weighted by atomic mass is 10.3. The summed E-state index contributed by atoms with van der Waals surface area (Å²) in [7, 11) is 4.82. The zero-order chi connectivity index (χ0) is 14.0. The fourth-order valence-corrected chi connectivity index (χ4v) is 1.61. The highest BCUT2D eigenvalue weighted by atomic mass is 16.5. The summed E-state index contributed by atoms with van der Waals surface area (Å²) >= 11 is 0. The first-order valence-electron chi connectivity index (χ1n) is 5.46. The van der Waals surface area contributed by atoms with Crippen molar-refractivity contribution in [2.75, 3.05) is 31.8 Å². The average Bonchev–Trinajstić information content (AvgIpc) is 2.77. The third kappa shape index (κ3) is 2.19.